The van der Waals surface area contributed by atoms with E-state index in [-0.39, 0.29) is 37.5 Å². The molecule has 0 aliphatic carbocycles. The Hall–Kier alpha value is -2.48. The number of nitrogens with one attached hydrogen (secondary N) is 2. The normalized spacial score (nSPS) is 30.0. The van der Waals surface area contributed by atoms with E-state index >= 15 is 0 Å². The SMILES string of the molecule is CC1(C#N)CCC(=O)NCCCCCCNC(=O)CCC(C)(C#N)N=N1. The highest BCUT2D eigenvalue weighted by atomic mass is 16.2. The summed E-state index contributed by atoms with van der Waals surface area (Å²) in [6.07, 6.45) is 4.52. The second-order valence-electron chi connectivity index (χ2n) is 7.09. The fourth-order valence-corrected chi connectivity index (χ4v) is 2.43. The smallest absolute Gasteiger partial charge is 0.220 e. The third-order valence-electron chi connectivity index (χ3n) is 4.40. The molecule has 2 N–H and O–H groups in total. The van der Waals surface area contributed by atoms with E-state index in [1.165, 1.54) is 0 Å². The molecule has 0 aromatic carbocycles. The summed E-state index contributed by atoms with van der Waals surface area (Å²) in [4.78, 5) is 23.8. The maximum Gasteiger partial charge on any atom is 0.220 e. The van der Waals surface area contributed by atoms with Crippen molar-refractivity contribution in [3.63, 3.8) is 0 Å². The van der Waals surface area contributed by atoms with Crippen molar-refractivity contribution < 1.29 is 9.59 Å². The molecule has 1 heterocycles. The average Bonchev–Trinajstić information content (AvgIpc) is 2.64. The number of carbonyl (C=O) groups is 2. The monoisotopic (exact) mass is 360 g/mol. The number of azo groups is 1. The van der Waals surface area contributed by atoms with E-state index in [1.54, 1.807) is 13.8 Å². The lowest BCUT2D eigenvalue weighted by Crippen LogP contribution is -2.30. The molecule has 1 rings (SSSR count). The summed E-state index contributed by atoms with van der Waals surface area (Å²) in [5, 5.41) is 32.6. The van der Waals surface area contributed by atoms with Crippen molar-refractivity contribution in [3.05, 3.63) is 0 Å². The van der Waals surface area contributed by atoms with Crippen LogP contribution in [0.15, 0.2) is 10.2 Å². The zero-order valence-electron chi connectivity index (χ0n) is 15.7. The van der Waals surface area contributed by atoms with Gasteiger partial charge in [-0.3, -0.25) is 9.59 Å². The van der Waals surface area contributed by atoms with Crippen molar-refractivity contribution in [2.75, 3.05) is 13.1 Å². The van der Waals surface area contributed by atoms with Crippen LogP contribution in [0.25, 0.3) is 0 Å². The minimum atomic E-state index is -1.18. The number of rotatable bonds is 0. The maximum atomic E-state index is 11.9. The van der Waals surface area contributed by atoms with Crippen LogP contribution in [-0.2, 0) is 9.59 Å². The Morgan fingerprint density at radius 3 is 1.54 bits per heavy atom. The van der Waals surface area contributed by atoms with Crippen molar-refractivity contribution in [1.82, 2.24) is 10.6 Å². The summed E-state index contributed by atoms with van der Waals surface area (Å²) < 4.78 is 0. The molecule has 1 aliphatic heterocycles. The highest BCUT2D eigenvalue weighted by Gasteiger charge is 2.29. The fraction of sp³-hybridized carbons (Fsp3) is 0.778. The number of amides is 2. The second kappa shape index (κ2) is 10.5. The molecule has 1 aliphatic rings. The van der Waals surface area contributed by atoms with Gasteiger partial charge in [-0.25, -0.2) is 0 Å². The average molecular weight is 360 g/mol. The standard InChI is InChI=1S/C18H28N6O2/c1-17(13-19)9-7-15(25)21-11-5-3-4-6-12-22-16(26)8-10-18(2,14-20)24-23-17/h3-12H2,1-2H3,(H,21,25)(H,22,26). The lowest BCUT2D eigenvalue weighted by molar-refractivity contribution is -0.122. The van der Waals surface area contributed by atoms with Gasteiger partial charge in [0.2, 0.25) is 11.8 Å². The Morgan fingerprint density at radius 2 is 1.19 bits per heavy atom. The molecule has 0 fully saturated rings. The van der Waals surface area contributed by atoms with Crippen LogP contribution in [0.2, 0.25) is 0 Å². The van der Waals surface area contributed by atoms with Gasteiger partial charge in [0.15, 0.2) is 11.1 Å². The predicted octanol–water partition coefficient (Wildman–Crippen LogP) is 2.37. The van der Waals surface area contributed by atoms with Crippen LogP contribution < -0.4 is 10.6 Å². The molecular weight excluding hydrogens is 332 g/mol. The van der Waals surface area contributed by atoms with Gasteiger partial charge in [0.1, 0.15) is 0 Å². The van der Waals surface area contributed by atoms with E-state index in [4.69, 9.17) is 0 Å². The highest BCUT2D eigenvalue weighted by molar-refractivity contribution is 5.76. The summed E-state index contributed by atoms with van der Waals surface area (Å²) >= 11 is 0. The van der Waals surface area contributed by atoms with Gasteiger partial charge in [0.25, 0.3) is 0 Å². The molecule has 2 amide bonds. The van der Waals surface area contributed by atoms with Crippen molar-refractivity contribution in [1.29, 1.82) is 10.5 Å². The van der Waals surface area contributed by atoms with Gasteiger partial charge in [0.05, 0.1) is 12.1 Å². The third kappa shape index (κ3) is 8.06. The largest absolute Gasteiger partial charge is 0.356 e. The molecule has 8 heteroatoms. The van der Waals surface area contributed by atoms with Gasteiger partial charge in [-0.05, 0) is 39.5 Å². The van der Waals surface area contributed by atoms with Crippen LogP contribution in [0.3, 0.4) is 0 Å². The van der Waals surface area contributed by atoms with E-state index in [2.05, 4.69) is 33.0 Å². The van der Waals surface area contributed by atoms with Gasteiger partial charge < -0.3 is 10.6 Å². The van der Waals surface area contributed by atoms with Crippen molar-refractivity contribution in [2.24, 2.45) is 10.2 Å². The van der Waals surface area contributed by atoms with E-state index in [0.29, 0.717) is 13.1 Å². The van der Waals surface area contributed by atoms with E-state index in [9.17, 15) is 20.1 Å². The van der Waals surface area contributed by atoms with Crippen LogP contribution in [0.1, 0.15) is 65.2 Å². The predicted molar refractivity (Wildman–Crippen MR) is 95.8 cm³/mol. The second-order valence-corrected chi connectivity index (χ2v) is 7.09. The summed E-state index contributed by atoms with van der Waals surface area (Å²) in [6, 6.07) is 4.13. The van der Waals surface area contributed by atoms with Gasteiger partial charge in [0, 0.05) is 25.9 Å². The molecule has 142 valence electrons. The number of hydrogen-bond donors (Lipinski definition) is 2. The van der Waals surface area contributed by atoms with E-state index < -0.39 is 11.1 Å². The van der Waals surface area contributed by atoms with Crippen LogP contribution >= 0.6 is 0 Å². The molecular formula is C18H28N6O2. The lowest BCUT2D eigenvalue weighted by Gasteiger charge is -2.19. The van der Waals surface area contributed by atoms with Crippen molar-refractivity contribution >= 4 is 11.8 Å². The van der Waals surface area contributed by atoms with E-state index in [1.807, 2.05) is 0 Å². The van der Waals surface area contributed by atoms with Gasteiger partial charge in [-0.2, -0.15) is 20.8 Å². The first kappa shape index (κ1) is 21.6. The molecule has 0 saturated carbocycles. The maximum absolute atomic E-state index is 11.9. The number of nitrogens with zero attached hydrogens (tertiary/aromatic N) is 4. The quantitative estimate of drug-likeness (QED) is 0.686. The first-order valence-corrected chi connectivity index (χ1v) is 9.12. The molecule has 0 aromatic heterocycles. The highest BCUT2D eigenvalue weighted by Crippen LogP contribution is 2.23. The summed E-state index contributed by atoms with van der Waals surface area (Å²) in [5.74, 6) is -0.226. The molecule has 8 nitrogen and oxygen atoms in total. The van der Waals surface area contributed by atoms with Crippen molar-refractivity contribution in [3.8, 4) is 12.1 Å². The molecule has 0 radical (unpaired) electrons. The summed E-state index contributed by atoms with van der Waals surface area (Å²) in [6.45, 7) is 4.38. The molecule has 0 bridgehead atoms. The van der Waals surface area contributed by atoms with Crippen LogP contribution in [-0.4, -0.2) is 36.0 Å². The third-order valence-corrected chi connectivity index (χ3v) is 4.40. The summed E-state index contributed by atoms with van der Waals surface area (Å²) in [7, 11) is 0. The van der Waals surface area contributed by atoms with E-state index in [0.717, 1.165) is 25.7 Å². The van der Waals surface area contributed by atoms with Gasteiger partial charge >= 0.3 is 0 Å². The lowest BCUT2D eigenvalue weighted by atomic mass is 9.97. The Kier molecular flexibility index (Phi) is 8.71. The molecule has 2 unspecified atom stereocenters. The number of nitriles is 2. The summed E-state index contributed by atoms with van der Waals surface area (Å²) in [5.41, 5.74) is -2.35. The first-order valence-electron chi connectivity index (χ1n) is 9.12. The minimum absolute atomic E-state index is 0.113. The Balaban J connectivity index is 2.85. The van der Waals surface area contributed by atoms with Crippen LogP contribution in [0.5, 0.6) is 0 Å². The van der Waals surface area contributed by atoms with Crippen molar-refractivity contribution in [2.45, 2.75) is 76.3 Å². The van der Waals surface area contributed by atoms with Crippen LogP contribution in [0, 0.1) is 22.7 Å². The zero-order chi connectivity index (χ0) is 19.5. The topological polar surface area (TPSA) is 130 Å². The Labute approximate surface area is 155 Å². The molecule has 0 spiro atoms. The first-order chi connectivity index (χ1) is 12.3. The van der Waals surface area contributed by atoms with Gasteiger partial charge in [-0.15, -0.1) is 0 Å². The zero-order valence-corrected chi connectivity index (χ0v) is 15.7. The number of carbonyl (C=O) groups excluding carboxylic acids is 2. The molecule has 0 saturated heterocycles. The van der Waals surface area contributed by atoms with Gasteiger partial charge in [-0.1, -0.05) is 12.8 Å². The Morgan fingerprint density at radius 1 is 0.808 bits per heavy atom. The minimum Gasteiger partial charge on any atom is -0.356 e. The van der Waals surface area contributed by atoms with Crippen LogP contribution in [0.4, 0.5) is 0 Å². The molecule has 0 aromatic rings. The fourth-order valence-electron chi connectivity index (χ4n) is 2.43. The molecule has 2 atom stereocenters. The molecule has 26 heavy (non-hydrogen) atoms. The Bertz CT molecular complexity index is 554. The number of hydrogen-bond acceptors (Lipinski definition) is 6.